The smallest absolute Gasteiger partial charge is 0.252 e. The largest absolute Gasteiger partial charge is 0.369 e. The van der Waals surface area contributed by atoms with E-state index in [0.29, 0.717) is 0 Å². The summed E-state index contributed by atoms with van der Waals surface area (Å²) in [5.41, 5.74) is 7.93. The summed E-state index contributed by atoms with van der Waals surface area (Å²) in [6.45, 7) is 10.3. The number of amides is 1. The Balaban J connectivity index is 1.32. The van der Waals surface area contributed by atoms with Crippen molar-refractivity contribution in [2.75, 3.05) is 38.1 Å². The van der Waals surface area contributed by atoms with Gasteiger partial charge in [-0.05, 0) is 93.2 Å². The number of aromatic nitrogens is 4. The molecule has 0 unspecified atom stereocenters. The minimum absolute atomic E-state index is 0.00747. The third kappa shape index (κ3) is 5.16. The highest BCUT2D eigenvalue weighted by Gasteiger charge is 2.46. The fraction of sp³-hybridized carbons (Fsp3) is 0.406. The van der Waals surface area contributed by atoms with Crippen LogP contribution in [0.4, 0.5) is 5.69 Å². The molecule has 2 aromatic carbocycles. The third-order valence-corrected chi connectivity index (χ3v) is 8.42. The molecule has 3 heterocycles. The van der Waals surface area contributed by atoms with Gasteiger partial charge < -0.3 is 15.1 Å². The number of anilines is 1. The van der Waals surface area contributed by atoms with Crippen LogP contribution in [0.5, 0.6) is 0 Å². The van der Waals surface area contributed by atoms with Gasteiger partial charge in [0.05, 0.1) is 17.9 Å². The zero-order valence-electron chi connectivity index (χ0n) is 24.2. The van der Waals surface area contributed by atoms with Gasteiger partial charge in [-0.3, -0.25) is 14.2 Å². The van der Waals surface area contributed by atoms with Crippen molar-refractivity contribution in [2.45, 2.75) is 45.2 Å². The Hall–Kier alpha value is -3.91. The predicted molar refractivity (Wildman–Crippen MR) is 160 cm³/mol. The predicted octanol–water partition coefficient (Wildman–Crippen LogP) is 5.01. The van der Waals surface area contributed by atoms with E-state index in [0.717, 1.165) is 83.7 Å². The van der Waals surface area contributed by atoms with E-state index in [4.69, 9.17) is 0 Å². The molecule has 2 aliphatic rings. The molecule has 2 aromatic heterocycles. The molecule has 0 atom stereocenters. The molecule has 0 spiro atoms. The van der Waals surface area contributed by atoms with Gasteiger partial charge in [-0.2, -0.15) is 10.2 Å². The molecule has 1 aliphatic carbocycles. The Morgan fingerprint density at radius 2 is 1.55 bits per heavy atom. The summed E-state index contributed by atoms with van der Waals surface area (Å²) in [6, 6.07) is 13.2. The normalized spacial score (nSPS) is 16.9. The van der Waals surface area contributed by atoms with Gasteiger partial charge in [-0.25, -0.2) is 0 Å². The summed E-state index contributed by atoms with van der Waals surface area (Å²) in [7, 11) is 4.09. The molecule has 0 bridgehead atoms. The second-order valence-electron chi connectivity index (χ2n) is 11.8. The monoisotopic (exact) mass is 537 g/mol. The van der Waals surface area contributed by atoms with Crippen LogP contribution < -0.4 is 10.2 Å². The number of benzene rings is 2. The van der Waals surface area contributed by atoms with Crippen LogP contribution >= 0.6 is 0 Å². The number of nitrogens with zero attached hydrogens (tertiary/aromatic N) is 6. The lowest BCUT2D eigenvalue weighted by atomic mass is 9.94. The summed E-state index contributed by atoms with van der Waals surface area (Å²) < 4.78 is 3.81. The Labute approximate surface area is 236 Å². The van der Waals surface area contributed by atoms with Crippen LogP contribution in [0.1, 0.15) is 54.2 Å². The van der Waals surface area contributed by atoms with Crippen molar-refractivity contribution in [3.63, 3.8) is 0 Å². The van der Waals surface area contributed by atoms with Gasteiger partial charge in [-0.1, -0.05) is 6.07 Å². The first-order valence-electron chi connectivity index (χ1n) is 14.3. The second-order valence-corrected chi connectivity index (χ2v) is 11.8. The standard InChI is InChI=1S/C32H39N7O/c1-22(2)39-21-27(19-34-39)25-14-24(26-18-33-37(5)20-26)15-28(16-25)32(8-9-32)35-31(40)30-17-29(7-6-23(30)3)38-12-10-36(4)11-13-38/h6-7,14-22H,8-13H2,1-5H3,(H,35,40). The number of aryl methyl sites for hydroxylation is 2. The maximum absolute atomic E-state index is 13.8. The molecule has 1 aliphatic heterocycles. The number of hydrogen-bond acceptors (Lipinski definition) is 5. The molecule has 1 N–H and O–H groups in total. The average molecular weight is 538 g/mol. The summed E-state index contributed by atoms with van der Waals surface area (Å²) in [4.78, 5) is 18.5. The van der Waals surface area contributed by atoms with Crippen LogP contribution in [0.15, 0.2) is 61.2 Å². The van der Waals surface area contributed by atoms with Crippen molar-refractivity contribution in [3.05, 3.63) is 77.9 Å². The van der Waals surface area contributed by atoms with Gasteiger partial charge >= 0.3 is 0 Å². The van der Waals surface area contributed by atoms with Crippen LogP contribution in [0.2, 0.25) is 0 Å². The minimum Gasteiger partial charge on any atom is -0.369 e. The van der Waals surface area contributed by atoms with Gasteiger partial charge in [0.1, 0.15) is 0 Å². The van der Waals surface area contributed by atoms with E-state index in [1.165, 1.54) is 0 Å². The zero-order valence-corrected chi connectivity index (χ0v) is 24.2. The van der Waals surface area contributed by atoms with Crippen molar-refractivity contribution >= 4 is 11.6 Å². The molecule has 208 valence electrons. The van der Waals surface area contributed by atoms with Gasteiger partial charge in [0.15, 0.2) is 0 Å². The summed E-state index contributed by atoms with van der Waals surface area (Å²) in [5, 5.41) is 12.4. The first kappa shape index (κ1) is 26.3. The summed E-state index contributed by atoms with van der Waals surface area (Å²) >= 11 is 0. The van der Waals surface area contributed by atoms with E-state index in [2.05, 4.69) is 88.8 Å². The van der Waals surface area contributed by atoms with Gasteiger partial charge in [0.2, 0.25) is 0 Å². The summed E-state index contributed by atoms with van der Waals surface area (Å²) in [5.74, 6) is -0.00747. The average Bonchev–Trinajstić information content (AvgIpc) is 3.32. The molecule has 1 saturated carbocycles. The van der Waals surface area contributed by atoms with Crippen molar-refractivity contribution < 1.29 is 4.79 Å². The van der Waals surface area contributed by atoms with Gasteiger partial charge in [0, 0.05) is 74.0 Å². The topological polar surface area (TPSA) is 71.2 Å². The molecule has 40 heavy (non-hydrogen) atoms. The van der Waals surface area contributed by atoms with Crippen molar-refractivity contribution in [1.82, 2.24) is 29.8 Å². The Morgan fingerprint density at radius 1 is 0.875 bits per heavy atom. The van der Waals surface area contributed by atoms with E-state index in [1.807, 2.05) is 41.9 Å². The zero-order chi connectivity index (χ0) is 28.0. The maximum Gasteiger partial charge on any atom is 0.252 e. The Kier molecular flexibility index (Phi) is 6.74. The van der Waals surface area contributed by atoms with Crippen molar-refractivity contribution in [2.24, 2.45) is 7.05 Å². The lowest BCUT2D eigenvalue weighted by Gasteiger charge is -2.34. The van der Waals surface area contributed by atoms with Crippen LogP contribution in [-0.4, -0.2) is 63.6 Å². The van der Waals surface area contributed by atoms with E-state index in [-0.39, 0.29) is 17.5 Å². The van der Waals surface area contributed by atoms with Crippen LogP contribution in [-0.2, 0) is 12.6 Å². The summed E-state index contributed by atoms with van der Waals surface area (Å²) in [6.07, 6.45) is 9.78. The van der Waals surface area contributed by atoms with Crippen molar-refractivity contribution in [1.29, 1.82) is 0 Å². The maximum atomic E-state index is 13.8. The number of piperazine rings is 1. The molecule has 0 radical (unpaired) electrons. The number of carbonyl (C=O) groups excluding carboxylic acids is 1. The molecule has 2 fully saturated rings. The van der Waals surface area contributed by atoms with Crippen molar-refractivity contribution in [3.8, 4) is 22.3 Å². The number of rotatable bonds is 7. The number of hydrogen-bond donors (Lipinski definition) is 1. The third-order valence-electron chi connectivity index (χ3n) is 8.42. The van der Waals surface area contributed by atoms with Crippen LogP contribution in [0.25, 0.3) is 22.3 Å². The molecule has 4 aromatic rings. The van der Waals surface area contributed by atoms with E-state index in [1.54, 1.807) is 0 Å². The number of nitrogens with one attached hydrogen (secondary N) is 1. The van der Waals surface area contributed by atoms with E-state index < -0.39 is 0 Å². The van der Waals surface area contributed by atoms with Gasteiger partial charge in [-0.15, -0.1) is 0 Å². The second kappa shape index (κ2) is 10.2. The first-order valence-corrected chi connectivity index (χ1v) is 14.3. The highest BCUT2D eigenvalue weighted by molar-refractivity contribution is 5.97. The molecule has 6 rings (SSSR count). The SMILES string of the molecule is Cc1ccc(N2CCN(C)CC2)cc1C(=O)NC1(c2cc(-c3cnn(C)c3)cc(-c3cnn(C(C)C)c3)c2)CC1. The molecule has 8 nitrogen and oxygen atoms in total. The quantitative estimate of drug-likeness (QED) is 0.359. The van der Waals surface area contributed by atoms with Crippen LogP contribution in [0, 0.1) is 6.92 Å². The molecule has 1 amide bonds. The Morgan fingerprint density at radius 3 is 2.15 bits per heavy atom. The highest BCUT2D eigenvalue weighted by atomic mass is 16.1. The number of carbonyl (C=O) groups is 1. The first-order chi connectivity index (χ1) is 19.2. The molecular weight excluding hydrogens is 498 g/mol. The highest BCUT2D eigenvalue weighted by Crippen LogP contribution is 2.48. The molecular formula is C32H39N7O. The lowest BCUT2D eigenvalue weighted by molar-refractivity contribution is 0.0930. The molecule has 1 saturated heterocycles. The lowest BCUT2D eigenvalue weighted by Crippen LogP contribution is -2.44. The number of likely N-dealkylation sites (N-methyl/N-ethyl adjacent to an activating group) is 1. The van der Waals surface area contributed by atoms with E-state index in [9.17, 15) is 4.79 Å². The van der Waals surface area contributed by atoms with E-state index >= 15 is 0 Å². The fourth-order valence-electron chi connectivity index (χ4n) is 5.59. The Bertz CT molecular complexity index is 1540. The van der Waals surface area contributed by atoms with Gasteiger partial charge in [0.25, 0.3) is 5.91 Å². The van der Waals surface area contributed by atoms with Crippen LogP contribution in [0.3, 0.4) is 0 Å². The fourth-order valence-corrected chi connectivity index (χ4v) is 5.59. The minimum atomic E-state index is -0.381. The molecule has 8 heteroatoms.